The van der Waals surface area contributed by atoms with Crippen molar-refractivity contribution in [3.8, 4) is 0 Å². The number of amides is 2. The summed E-state index contributed by atoms with van der Waals surface area (Å²) in [5.41, 5.74) is 1.92. The second-order valence-electron chi connectivity index (χ2n) is 10.3. The van der Waals surface area contributed by atoms with Gasteiger partial charge in [0.25, 0.3) is 11.8 Å². The number of hydrogen-bond acceptors (Lipinski definition) is 6. The van der Waals surface area contributed by atoms with Crippen molar-refractivity contribution in [3.05, 3.63) is 86.9 Å². The molecule has 0 bridgehead atoms. The summed E-state index contributed by atoms with van der Waals surface area (Å²) in [6.07, 6.45) is 2.41. The van der Waals surface area contributed by atoms with Crippen LogP contribution in [0.5, 0.6) is 0 Å². The fraction of sp³-hybridized carbons (Fsp3) is 0.414. The summed E-state index contributed by atoms with van der Waals surface area (Å²) in [7, 11) is 0. The average molecular weight is 555 g/mol. The monoisotopic (exact) mass is 554 g/mol. The van der Waals surface area contributed by atoms with Gasteiger partial charge in [-0.15, -0.1) is 11.3 Å². The Labute approximate surface area is 230 Å². The lowest BCUT2D eigenvalue weighted by molar-refractivity contribution is 0.0733. The third-order valence-electron chi connectivity index (χ3n) is 7.42. The van der Waals surface area contributed by atoms with Crippen LogP contribution in [0.25, 0.3) is 0 Å². The molecule has 2 aliphatic rings. The van der Waals surface area contributed by atoms with Crippen molar-refractivity contribution in [1.29, 1.82) is 0 Å². The molecule has 5 rings (SSSR count). The Morgan fingerprint density at radius 2 is 1.92 bits per heavy atom. The number of hydrogen-bond donors (Lipinski definition) is 3. The van der Waals surface area contributed by atoms with Gasteiger partial charge in [0.1, 0.15) is 16.6 Å². The molecule has 206 valence electrons. The minimum Gasteiger partial charge on any atom is -0.389 e. The highest BCUT2D eigenvalue weighted by molar-refractivity contribution is 7.09. The number of aliphatic hydroxyl groups excluding tert-OH is 1. The van der Waals surface area contributed by atoms with Gasteiger partial charge >= 0.3 is 0 Å². The van der Waals surface area contributed by atoms with Crippen LogP contribution in [-0.2, 0) is 6.42 Å². The fourth-order valence-corrected chi connectivity index (χ4v) is 6.47. The summed E-state index contributed by atoms with van der Waals surface area (Å²) >= 11 is 1.55. The van der Waals surface area contributed by atoms with Crippen LogP contribution < -0.4 is 10.6 Å². The van der Waals surface area contributed by atoms with E-state index >= 15 is 0 Å². The van der Waals surface area contributed by atoms with E-state index in [4.69, 9.17) is 0 Å². The van der Waals surface area contributed by atoms with Crippen molar-refractivity contribution in [1.82, 2.24) is 20.5 Å². The maximum Gasteiger partial charge on any atom is 0.254 e. The zero-order valence-electron chi connectivity index (χ0n) is 21.7. The molecule has 0 saturated carbocycles. The van der Waals surface area contributed by atoms with Crippen molar-refractivity contribution in [2.24, 2.45) is 0 Å². The van der Waals surface area contributed by atoms with Gasteiger partial charge in [0.15, 0.2) is 0 Å². The van der Waals surface area contributed by atoms with E-state index in [1.165, 1.54) is 12.1 Å². The molecule has 7 nitrogen and oxygen atoms in total. The van der Waals surface area contributed by atoms with Gasteiger partial charge < -0.3 is 20.6 Å². The van der Waals surface area contributed by atoms with E-state index in [9.17, 15) is 23.5 Å². The van der Waals surface area contributed by atoms with Crippen molar-refractivity contribution < 1.29 is 23.5 Å². The first-order valence-electron chi connectivity index (χ1n) is 13.3. The molecule has 10 heteroatoms. The van der Waals surface area contributed by atoms with E-state index in [-0.39, 0.29) is 30.0 Å². The molecule has 2 unspecified atom stereocenters. The number of nitrogens with one attached hydrogen (secondary N) is 2. The molecule has 3 aromatic rings. The predicted molar refractivity (Wildman–Crippen MR) is 145 cm³/mol. The largest absolute Gasteiger partial charge is 0.389 e. The topological polar surface area (TPSA) is 94.6 Å². The molecule has 0 aliphatic carbocycles. The molecule has 2 aromatic carbocycles. The Morgan fingerprint density at radius 3 is 2.62 bits per heavy atom. The van der Waals surface area contributed by atoms with Gasteiger partial charge in [-0.3, -0.25) is 9.59 Å². The Kier molecular flexibility index (Phi) is 8.34. The number of aromatic nitrogens is 1. The summed E-state index contributed by atoms with van der Waals surface area (Å²) < 4.78 is 27.7. The third-order valence-corrected chi connectivity index (χ3v) is 8.49. The molecule has 2 fully saturated rings. The van der Waals surface area contributed by atoms with Crippen LogP contribution in [0.15, 0.2) is 47.8 Å². The lowest BCUT2D eigenvalue weighted by Gasteiger charge is -2.29. The van der Waals surface area contributed by atoms with E-state index in [2.05, 4.69) is 15.6 Å². The third kappa shape index (κ3) is 6.34. The van der Waals surface area contributed by atoms with Crippen LogP contribution in [0.2, 0.25) is 0 Å². The molecule has 3 N–H and O–H groups in total. The number of benzene rings is 2. The van der Waals surface area contributed by atoms with Gasteiger partial charge in [0, 0.05) is 40.9 Å². The summed E-state index contributed by atoms with van der Waals surface area (Å²) in [6, 6.07) is 8.57. The van der Waals surface area contributed by atoms with Crippen molar-refractivity contribution in [2.75, 3.05) is 13.1 Å². The molecule has 0 spiro atoms. The number of aliphatic hydroxyl groups is 1. The maximum absolute atomic E-state index is 13.9. The Morgan fingerprint density at radius 1 is 1.15 bits per heavy atom. The standard InChI is InChI=1S/C29H32F2N4O3S/c1-17-16-39-28(33-17)25-8-4-10-35(25)29(38)20-6-2-5-19(14-20)27(37)34-24(26(36)23-7-3-9-32-23)13-18-11-21(30)15-22(31)12-18/h2,5-6,11-12,14-16,23-26,32,36H,3-4,7-10,13H2,1H3,(H,34,37)/t23?,24-,25?,26+/m0/s1. The zero-order chi connectivity index (χ0) is 27.5. The molecule has 0 radical (unpaired) electrons. The first-order valence-corrected chi connectivity index (χ1v) is 14.2. The number of rotatable bonds is 8. The first-order chi connectivity index (χ1) is 18.8. The maximum atomic E-state index is 13.9. The summed E-state index contributed by atoms with van der Waals surface area (Å²) in [5.74, 6) is -2.08. The predicted octanol–water partition coefficient (Wildman–Crippen LogP) is 4.16. The van der Waals surface area contributed by atoms with E-state index in [1.54, 1.807) is 35.6 Å². The zero-order valence-corrected chi connectivity index (χ0v) is 22.5. The SMILES string of the molecule is Cc1csc(C2CCCN2C(=O)c2cccc(C(=O)N[C@@H](Cc3cc(F)cc(F)c3)[C@H](O)C3CCCN3)c2)n1. The molecular formula is C29H32F2N4O3S. The minimum absolute atomic E-state index is 0.0427. The number of nitrogens with zero attached hydrogens (tertiary/aromatic N) is 2. The number of likely N-dealkylation sites (tertiary alicyclic amines) is 1. The molecule has 2 aliphatic heterocycles. The lowest BCUT2D eigenvalue weighted by atomic mass is 9.95. The number of aryl methyl sites for hydroxylation is 1. The van der Waals surface area contributed by atoms with E-state index in [0.29, 0.717) is 17.7 Å². The van der Waals surface area contributed by atoms with Gasteiger partial charge in [0.2, 0.25) is 0 Å². The molecule has 2 amide bonds. The highest BCUT2D eigenvalue weighted by Gasteiger charge is 2.34. The molecule has 1 aromatic heterocycles. The van der Waals surface area contributed by atoms with Gasteiger partial charge in [-0.05, 0) is 81.5 Å². The normalized spacial score (nSPS) is 20.7. The minimum atomic E-state index is -0.972. The highest BCUT2D eigenvalue weighted by atomic mass is 32.1. The summed E-state index contributed by atoms with van der Waals surface area (Å²) in [4.78, 5) is 33.2. The van der Waals surface area contributed by atoms with Crippen LogP contribution in [0.4, 0.5) is 8.78 Å². The number of carbonyl (C=O) groups excluding carboxylic acids is 2. The van der Waals surface area contributed by atoms with Crippen molar-refractivity contribution in [2.45, 2.75) is 63.3 Å². The number of thiazole rings is 1. The van der Waals surface area contributed by atoms with Crippen LogP contribution >= 0.6 is 11.3 Å². The van der Waals surface area contributed by atoms with Crippen molar-refractivity contribution >= 4 is 23.2 Å². The van der Waals surface area contributed by atoms with Crippen LogP contribution in [-0.4, -0.2) is 58.1 Å². The van der Waals surface area contributed by atoms with Crippen LogP contribution in [0, 0.1) is 18.6 Å². The molecule has 39 heavy (non-hydrogen) atoms. The molecule has 2 saturated heterocycles. The molecule has 4 atom stereocenters. The van der Waals surface area contributed by atoms with Gasteiger partial charge in [-0.2, -0.15) is 0 Å². The average Bonchev–Trinajstić information content (AvgIpc) is 3.69. The first kappa shape index (κ1) is 27.4. The molecule has 3 heterocycles. The summed E-state index contributed by atoms with van der Waals surface area (Å²) in [6.45, 7) is 3.30. The number of halogens is 2. The molecular weight excluding hydrogens is 522 g/mol. The van der Waals surface area contributed by atoms with Gasteiger partial charge in [-0.25, -0.2) is 13.8 Å². The Hall–Kier alpha value is -3.21. The van der Waals surface area contributed by atoms with Crippen LogP contribution in [0.1, 0.15) is 68.7 Å². The second kappa shape index (κ2) is 11.9. The lowest BCUT2D eigenvalue weighted by Crippen LogP contribution is -2.52. The number of carbonyl (C=O) groups is 2. The quantitative estimate of drug-likeness (QED) is 0.389. The Bertz CT molecular complexity index is 1320. The van der Waals surface area contributed by atoms with Crippen molar-refractivity contribution in [3.63, 3.8) is 0 Å². The van der Waals surface area contributed by atoms with Crippen LogP contribution in [0.3, 0.4) is 0 Å². The smallest absolute Gasteiger partial charge is 0.254 e. The second-order valence-corrected chi connectivity index (χ2v) is 11.2. The van der Waals surface area contributed by atoms with E-state index in [0.717, 1.165) is 49.0 Å². The highest BCUT2D eigenvalue weighted by Crippen LogP contribution is 2.34. The fourth-order valence-electron chi connectivity index (χ4n) is 5.53. The summed E-state index contributed by atoms with van der Waals surface area (Å²) in [5, 5.41) is 20.1. The van der Waals surface area contributed by atoms with E-state index < -0.39 is 29.7 Å². The van der Waals surface area contributed by atoms with Gasteiger partial charge in [0.05, 0.1) is 18.2 Å². The van der Waals surface area contributed by atoms with Gasteiger partial charge in [-0.1, -0.05) is 6.07 Å². The van der Waals surface area contributed by atoms with E-state index in [1.807, 2.05) is 17.2 Å². The Balaban J connectivity index is 1.34.